The number of rotatable bonds is 3. The molecule has 0 atom stereocenters. The molecule has 0 fully saturated rings. The molecule has 0 aromatic heterocycles. The van der Waals surface area contributed by atoms with Crippen molar-refractivity contribution < 1.29 is 4.79 Å². The van der Waals surface area contributed by atoms with Gasteiger partial charge in [0.15, 0.2) is 0 Å². The van der Waals surface area contributed by atoms with Crippen molar-refractivity contribution in [3.63, 3.8) is 0 Å². The quantitative estimate of drug-likeness (QED) is 0.670. The number of nitrogens with zero attached hydrogens (tertiary/aromatic N) is 1. The molecule has 0 aliphatic heterocycles. The molecule has 19 heavy (non-hydrogen) atoms. The molecule has 2 aromatic carbocycles. The molecule has 3 nitrogen and oxygen atoms in total. The second-order valence-electron chi connectivity index (χ2n) is 4.02. The van der Waals surface area contributed by atoms with Crippen molar-refractivity contribution in [1.29, 1.82) is 5.26 Å². The number of primary amides is 1. The van der Waals surface area contributed by atoms with E-state index in [2.05, 4.69) is 0 Å². The maximum atomic E-state index is 11.0. The summed E-state index contributed by atoms with van der Waals surface area (Å²) in [5.74, 6) is -0.713. The first-order valence-corrected chi connectivity index (χ1v) is 5.78. The summed E-state index contributed by atoms with van der Waals surface area (Å²) >= 11 is 0. The molecular formula is C16H12N2O. The highest BCUT2D eigenvalue weighted by Gasteiger charge is 2.03. The minimum absolute atomic E-state index is 0.0486. The Labute approximate surface area is 111 Å². The zero-order valence-corrected chi connectivity index (χ0v) is 10.2. The van der Waals surface area contributed by atoms with Gasteiger partial charge in [0.05, 0.1) is 0 Å². The van der Waals surface area contributed by atoms with E-state index in [0.717, 1.165) is 16.7 Å². The maximum Gasteiger partial charge on any atom is 0.259 e. The van der Waals surface area contributed by atoms with Crippen molar-refractivity contribution in [3.8, 4) is 17.2 Å². The van der Waals surface area contributed by atoms with E-state index in [0.29, 0.717) is 0 Å². The van der Waals surface area contributed by atoms with Crippen molar-refractivity contribution in [2.45, 2.75) is 0 Å². The Balaban J connectivity index is 2.30. The second kappa shape index (κ2) is 5.65. The van der Waals surface area contributed by atoms with E-state index in [9.17, 15) is 4.79 Å². The fourth-order valence-corrected chi connectivity index (χ4v) is 1.73. The molecule has 2 aromatic rings. The van der Waals surface area contributed by atoms with E-state index < -0.39 is 5.91 Å². The van der Waals surface area contributed by atoms with Gasteiger partial charge in [0.25, 0.3) is 5.91 Å². The van der Waals surface area contributed by atoms with Gasteiger partial charge in [-0.25, -0.2) is 0 Å². The molecular weight excluding hydrogens is 236 g/mol. The minimum atomic E-state index is -0.713. The van der Waals surface area contributed by atoms with Gasteiger partial charge in [-0.05, 0) is 22.8 Å². The number of nitriles is 1. The van der Waals surface area contributed by atoms with Crippen molar-refractivity contribution in [2.75, 3.05) is 0 Å². The summed E-state index contributed by atoms with van der Waals surface area (Å²) in [7, 11) is 0. The summed E-state index contributed by atoms with van der Waals surface area (Å²) in [5, 5.41) is 8.77. The highest BCUT2D eigenvalue weighted by molar-refractivity contribution is 6.00. The summed E-state index contributed by atoms with van der Waals surface area (Å²) in [6.07, 6.45) is 1.48. The summed E-state index contributed by atoms with van der Waals surface area (Å²) in [6.45, 7) is 0. The van der Waals surface area contributed by atoms with Crippen molar-refractivity contribution in [3.05, 3.63) is 65.7 Å². The van der Waals surface area contributed by atoms with Crippen LogP contribution < -0.4 is 5.73 Å². The van der Waals surface area contributed by atoms with E-state index in [1.54, 1.807) is 6.07 Å². The second-order valence-corrected chi connectivity index (χ2v) is 4.02. The van der Waals surface area contributed by atoms with E-state index >= 15 is 0 Å². The monoisotopic (exact) mass is 248 g/mol. The summed E-state index contributed by atoms with van der Waals surface area (Å²) in [4.78, 5) is 11.0. The van der Waals surface area contributed by atoms with Crippen molar-refractivity contribution >= 4 is 12.0 Å². The SMILES string of the molecule is N#C/C(=C\c1ccc(-c2ccccc2)cc1)C(N)=O. The van der Waals surface area contributed by atoms with Gasteiger partial charge in [0.2, 0.25) is 0 Å². The largest absolute Gasteiger partial charge is 0.365 e. The van der Waals surface area contributed by atoms with E-state index in [1.165, 1.54) is 6.08 Å². The molecule has 0 bridgehead atoms. The van der Waals surface area contributed by atoms with Crippen LogP contribution in [0.1, 0.15) is 5.56 Å². The predicted octanol–water partition coefficient (Wildman–Crippen LogP) is 2.75. The fraction of sp³-hybridized carbons (Fsp3) is 0. The number of carbonyl (C=O) groups excluding carboxylic acids is 1. The van der Waals surface area contributed by atoms with E-state index in [-0.39, 0.29) is 5.57 Å². The third kappa shape index (κ3) is 3.08. The van der Waals surface area contributed by atoms with Crippen LogP contribution >= 0.6 is 0 Å². The lowest BCUT2D eigenvalue weighted by atomic mass is 10.0. The Bertz CT molecular complexity index is 649. The summed E-state index contributed by atoms with van der Waals surface area (Å²) in [6, 6.07) is 19.3. The lowest BCUT2D eigenvalue weighted by Gasteiger charge is -2.02. The Hall–Kier alpha value is -2.86. The van der Waals surface area contributed by atoms with Gasteiger partial charge in [-0.15, -0.1) is 0 Å². The zero-order valence-electron chi connectivity index (χ0n) is 10.2. The van der Waals surface area contributed by atoms with Gasteiger partial charge in [-0.1, -0.05) is 54.6 Å². The van der Waals surface area contributed by atoms with Gasteiger partial charge >= 0.3 is 0 Å². The van der Waals surface area contributed by atoms with Crippen LogP contribution in [0.3, 0.4) is 0 Å². The molecule has 0 aliphatic carbocycles. The van der Waals surface area contributed by atoms with E-state index in [1.807, 2.05) is 54.6 Å². The Morgan fingerprint density at radius 1 is 1.00 bits per heavy atom. The molecule has 2 rings (SSSR count). The lowest BCUT2D eigenvalue weighted by molar-refractivity contribution is -0.114. The molecule has 2 N–H and O–H groups in total. The van der Waals surface area contributed by atoms with Crippen molar-refractivity contribution in [1.82, 2.24) is 0 Å². The molecule has 0 radical (unpaired) electrons. The maximum absolute atomic E-state index is 11.0. The van der Waals surface area contributed by atoms with Crippen LogP contribution in [-0.4, -0.2) is 5.91 Å². The molecule has 0 saturated heterocycles. The fourth-order valence-electron chi connectivity index (χ4n) is 1.73. The van der Waals surface area contributed by atoms with Crippen LogP contribution in [0.25, 0.3) is 17.2 Å². The first kappa shape index (κ1) is 12.6. The molecule has 1 amide bonds. The molecule has 0 aliphatic rings. The number of hydrogen-bond acceptors (Lipinski definition) is 2. The smallest absolute Gasteiger partial charge is 0.259 e. The average molecular weight is 248 g/mol. The van der Waals surface area contributed by atoms with Gasteiger partial charge in [0.1, 0.15) is 11.6 Å². The topological polar surface area (TPSA) is 66.9 Å². The minimum Gasteiger partial charge on any atom is -0.365 e. The number of hydrogen-bond donors (Lipinski definition) is 1. The van der Waals surface area contributed by atoms with Crippen molar-refractivity contribution in [2.24, 2.45) is 5.73 Å². The molecule has 0 unspecified atom stereocenters. The number of nitrogens with two attached hydrogens (primary N) is 1. The average Bonchev–Trinajstić information content (AvgIpc) is 2.46. The number of carbonyl (C=O) groups is 1. The Morgan fingerprint density at radius 2 is 1.58 bits per heavy atom. The van der Waals surface area contributed by atoms with Crippen LogP contribution in [0.5, 0.6) is 0 Å². The highest BCUT2D eigenvalue weighted by Crippen LogP contribution is 2.20. The van der Waals surface area contributed by atoms with Gasteiger partial charge < -0.3 is 5.73 Å². The lowest BCUT2D eigenvalue weighted by Crippen LogP contribution is -2.12. The normalized spacial score (nSPS) is 10.8. The molecule has 92 valence electrons. The van der Waals surface area contributed by atoms with Crippen LogP contribution in [-0.2, 0) is 4.79 Å². The predicted molar refractivity (Wildman–Crippen MR) is 74.7 cm³/mol. The van der Waals surface area contributed by atoms with Gasteiger partial charge in [-0.3, -0.25) is 4.79 Å². The summed E-state index contributed by atoms with van der Waals surface area (Å²) in [5.41, 5.74) is 8.01. The molecule has 0 saturated carbocycles. The third-order valence-electron chi connectivity index (χ3n) is 2.71. The van der Waals surface area contributed by atoms with Crippen LogP contribution in [0.4, 0.5) is 0 Å². The number of amides is 1. The summed E-state index contributed by atoms with van der Waals surface area (Å²) < 4.78 is 0. The first-order valence-electron chi connectivity index (χ1n) is 5.78. The molecule has 0 spiro atoms. The van der Waals surface area contributed by atoms with E-state index in [4.69, 9.17) is 11.0 Å². The Morgan fingerprint density at radius 3 is 2.11 bits per heavy atom. The first-order chi connectivity index (χ1) is 9.20. The highest BCUT2D eigenvalue weighted by atomic mass is 16.1. The van der Waals surface area contributed by atoms with Crippen LogP contribution in [0.15, 0.2) is 60.2 Å². The standard InChI is InChI=1S/C16H12N2O/c17-11-15(16(18)19)10-12-6-8-14(9-7-12)13-4-2-1-3-5-13/h1-10H,(H2,18,19)/b15-10+. The third-order valence-corrected chi connectivity index (χ3v) is 2.71. The van der Waals surface area contributed by atoms with Crippen LogP contribution in [0.2, 0.25) is 0 Å². The van der Waals surface area contributed by atoms with Gasteiger partial charge in [0, 0.05) is 0 Å². The molecule has 0 heterocycles. The zero-order chi connectivity index (χ0) is 13.7. The molecule has 3 heteroatoms. The van der Waals surface area contributed by atoms with Gasteiger partial charge in [-0.2, -0.15) is 5.26 Å². The number of benzene rings is 2. The Kier molecular flexibility index (Phi) is 3.75. The van der Waals surface area contributed by atoms with Crippen LogP contribution in [0, 0.1) is 11.3 Å².